The SMILES string of the molecule is COc1ccc(Cc2[nH]nc(CCC3CCNCC3)c2I)cc1. The van der Waals surface area contributed by atoms with Crippen molar-refractivity contribution in [2.24, 2.45) is 5.92 Å². The molecule has 2 heterocycles. The third-order valence-corrected chi connectivity index (χ3v) is 5.91. The molecular formula is C18H24IN3O. The summed E-state index contributed by atoms with van der Waals surface area (Å²) in [5, 5.41) is 11.2. The summed E-state index contributed by atoms with van der Waals surface area (Å²) in [6.07, 6.45) is 5.84. The van der Waals surface area contributed by atoms with Crippen molar-refractivity contribution in [3.05, 3.63) is 44.8 Å². The molecule has 0 saturated carbocycles. The van der Waals surface area contributed by atoms with Crippen molar-refractivity contribution in [3.8, 4) is 5.75 Å². The molecule has 0 bridgehead atoms. The molecule has 1 aromatic heterocycles. The van der Waals surface area contributed by atoms with E-state index in [0.29, 0.717) is 0 Å². The van der Waals surface area contributed by atoms with Crippen LogP contribution in [0.4, 0.5) is 0 Å². The van der Waals surface area contributed by atoms with Gasteiger partial charge in [-0.05, 0) is 85.0 Å². The van der Waals surface area contributed by atoms with Gasteiger partial charge < -0.3 is 10.1 Å². The Labute approximate surface area is 151 Å². The highest BCUT2D eigenvalue weighted by Crippen LogP contribution is 2.23. The van der Waals surface area contributed by atoms with Gasteiger partial charge in [0.25, 0.3) is 0 Å². The fraction of sp³-hybridized carbons (Fsp3) is 0.500. The zero-order chi connectivity index (χ0) is 16.1. The second-order valence-electron chi connectivity index (χ2n) is 6.22. The average Bonchev–Trinajstić information content (AvgIpc) is 2.95. The van der Waals surface area contributed by atoms with Crippen LogP contribution in [0.1, 0.15) is 36.2 Å². The van der Waals surface area contributed by atoms with Gasteiger partial charge in [0.2, 0.25) is 0 Å². The quantitative estimate of drug-likeness (QED) is 0.697. The number of nitrogens with one attached hydrogen (secondary N) is 2. The summed E-state index contributed by atoms with van der Waals surface area (Å²) in [6, 6.07) is 8.25. The Bertz CT molecular complexity index is 618. The maximum absolute atomic E-state index is 5.21. The number of hydrogen-bond donors (Lipinski definition) is 2. The van der Waals surface area contributed by atoms with Crippen molar-refractivity contribution in [3.63, 3.8) is 0 Å². The van der Waals surface area contributed by atoms with Crippen LogP contribution in [0.2, 0.25) is 0 Å². The molecule has 0 unspecified atom stereocenters. The Kier molecular flexibility index (Phi) is 5.94. The number of rotatable bonds is 6. The summed E-state index contributed by atoms with van der Waals surface area (Å²) in [4.78, 5) is 0. The lowest BCUT2D eigenvalue weighted by Gasteiger charge is -2.22. The fourth-order valence-electron chi connectivity index (χ4n) is 3.15. The molecule has 0 atom stereocenters. The second kappa shape index (κ2) is 8.15. The zero-order valence-corrected chi connectivity index (χ0v) is 15.7. The topological polar surface area (TPSA) is 49.9 Å². The van der Waals surface area contributed by atoms with E-state index >= 15 is 0 Å². The zero-order valence-electron chi connectivity index (χ0n) is 13.6. The number of aryl methyl sites for hydroxylation is 1. The summed E-state index contributed by atoms with van der Waals surface area (Å²) >= 11 is 2.44. The first-order valence-electron chi connectivity index (χ1n) is 8.31. The molecular weight excluding hydrogens is 401 g/mol. The number of H-pyrrole nitrogens is 1. The van der Waals surface area contributed by atoms with Gasteiger partial charge in [0.1, 0.15) is 5.75 Å². The monoisotopic (exact) mass is 425 g/mol. The lowest BCUT2D eigenvalue weighted by molar-refractivity contribution is 0.353. The highest BCUT2D eigenvalue weighted by atomic mass is 127. The van der Waals surface area contributed by atoms with E-state index in [0.717, 1.165) is 24.5 Å². The molecule has 1 fully saturated rings. The third-order valence-electron chi connectivity index (χ3n) is 4.63. The van der Waals surface area contributed by atoms with Crippen LogP contribution >= 0.6 is 22.6 Å². The van der Waals surface area contributed by atoms with Gasteiger partial charge in [-0.15, -0.1) is 0 Å². The number of ether oxygens (including phenoxy) is 1. The number of halogens is 1. The van der Waals surface area contributed by atoms with Crippen molar-refractivity contribution in [2.45, 2.75) is 32.1 Å². The molecule has 5 heteroatoms. The Morgan fingerprint density at radius 2 is 1.96 bits per heavy atom. The normalized spacial score (nSPS) is 15.7. The minimum Gasteiger partial charge on any atom is -0.497 e. The summed E-state index contributed by atoms with van der Waals surface area (Å²) in [5.74, 6) is 1.75. The maximum Gasteiger partial charge on any atom is 0.118 e. The minimum atomic E-state index is 0.855. The number of aromatic nitrogens is 2. The maximum atomic E-state index is 5.21. The number of benzene rings is 1. The molecule has 0 amide bonds. The van der Waals surface area contributed by atoms with Crippen molar-refractivity contribution < 1.29 is 4.74 Å². The standard InChI is InChI=1S/C18H24IN3O/c1-23-15-5-2-14(3-6-15)12-17-18(19)16(21-22-17)7-4-13-8-10-20-11-9-13/h2-3,5-6,13,20H,4,7-12H2,1H3,(H,21,22). The highest BCUT2D eigenvalue weighted by molar-refractivity contribution is 14.1. The van der Waals surface area contributed by atoms with Gasteiger partial charge in [0.05, 0.1) is 22.1 Å². The molecule has 3 rings (SSSR count). The van der Waals surface area contributed by atoms with Crippen molar-refractivity contribution in [1.82, 2.24) is 15.5 Å². The summed E-state index contributed by atoms with van der Waals surface area (Å²) in [5.41, 5.74) is 3.72. The van der Waals surface area contributed by atoms with E-state index in [1.807, 2.05) is 12.1 Å². The van der Waals surface area contributed by atoms with Gasteiger partial charge in [-0.2, -0.15) is 5.10 Å². The van der Waals surface area contributed by atoms with E-state index in [1.54, 1.807) is 7.11 Å². The van der Waals surface area contributed by atoms with Gasteiger partial charge >= 0.3 is 0 Å². The first-order chi connectivity index (χ1) is 11.3. The summed E-state index contributed by atoms with van der Waals surface area (Å²) < 4.78 is 6.51. The molecule has 0 radical (unpaired) electrons. The second-order valence-corrected chi connectivity index (χ2v) is 7.30. The molecule has 2 aromatic rings. The molecule has 0 aliphatic carbocycles. The highest BCUT2D eigenvalue weighted by Gasteiger charge is 2.16. The van der Waals surface area contributed by atoms with E-state index in [1.165, 1.54) is 52.9 Å². The van der Waals surface area contributed by atoms with Gasteiger partial charge in [-0.3, -0.25) is 5.10 Å². The number of methoxy groups -OCH3 is 1. The van der Waals surface area contributed by atoms with Crippen molar-refractivity contribution in [1.29, 1.82) is 0 Å². The number of hydrogen-bond acceptors (Lipinski definition) is 3. The smallest absolute Gasteiger partial charge is 0.118 e. The van der Waals surface area contributed by atoms with Crippen LogP contribution in [0.3, 0.4) is 0 Å². The molecule has 1 aliphatic rings. The molecule has 1 aromatic carbocycles. The number of nitrogens with zero attached hydrogens (tertiary/aromatic N) is 1. The van der Waals surface area contributed by atoms with Gasteiger partial charge in [-0.1, -0.05) is 12.1 Å². The van der Waals surface area contributed by atoms with Crippen LogP contribution in [0, 0.1) is 9.49 Å². The van der Waals surface area contributed by atoms with Crippen LogP contribution in [0.25, 0.3) is 0 Å². The van der Waals surface area contributed by atoms with Gasteiger partial charge in [0.15, 0.2) is 0 Å². The molecule has 124 valence electrons. The predicted molar refractivity (Wildman–Crippen MR) is 101 cm³/mol. The molecule has 1 saturated heterocycles. The third kappa shape index (κ3) is 4.47. The average molecular weight is 425 g/mol. The Balaban J connectivity index is 1.59. The van der Waals surface area contributed by atoms with E-state index in [2.05, 4.69) is 50.2 Å². The Morgan fingerprint density at radius 1 is 1.22 bits per heavy atom. The van der Waals surface area contributed by atoms with Crippen LogP contribution in [0.15, 0.2) is 24.3 Å². The van der Waals surface area contributed by atoms with Crippen molar-refractivity contribution in [2.75, 3.05) is 20.2 Å². The first-order valence-corrected chi connectivity index (χ1v) is 9.39. The first kappa shape index (κ1) is 16.8. The van der Waals surface area contributed by atoms with Crippen LogP contribution in [-0.4, -0.2) is 30.4 Å². The lowest BCUT2D eigenvalue weighted by Crippen LogP contribution is -2.27. The van der Waals surface area contributed by atoms with Crippen LogP contribution < -0.4 is 10.1 Å². The number of piperidine rings is 1. The van der Waals surface area contributed by atoms with E-state index < -0.39 is 0 Å². The Hall–Kier alpha value is -1.08. The van der Waals surface area contributed by atoms with E-state index in [4.69, 9.17) is 4.74 Å². The number of aromatic amines is 1. The lowest BCUT2D eigenvalue weighted by atomic mass is 9.92. The largest absolute Gasteiger partial charge is 0.497 e. The van der Waals surface area contributed by atoms with Gasteiger partial charge in [0, 0.05) is 6.42 Å². The van der Waals surface area contributed by atoms with Crippen LogP contribution in [0.5, 0.6) is 5.75 Å². The molecule has 2 N–H and O–H groups in total. The predicted octanol–water partition coefficient (Wildman–Crippen LogP) is 3.55. The van der Waals surface area contributed by atoms with Crippen LogP contribution in [-0.2, 0) is 12.8 Å². The molecule has 0 spiro atoms. The fourth-order valence-corrected chi connectivity index (χ4v) is 3.85. The summed E-state index contributed by atoms with van der Waals surface area (Å²) in [7, 11) is 1.70. The van der Waals surface area contributed by atoms with E-state index in [-0.39, 0.29) is 0 Å². The minimum absolute atomic E-state index is 0.855. The molecule has 23 heavy (non-hydrogen) atoms. The molecule has 1 aliphatic heterocycles. The Morgan fingerprint density at radius 3 is 2.65 bits per heavy atom. The molecule has 4 nitrogen and oxygen atoms in total. The van der Waals surface area contributed by atoms with Crippen molar-refractivity contribution >= 4 is 22.6 Å². The summed E-state index contributed by atoms with van der Waals surface area (Å²) in [6.45, 7) is 2.34. The van der Waals surface area contributed by atoms with E-state index in [9.17, 15) is 0 Å². The van der Waals surface area contributed by atoms with Gasteiger partial charge in [-0.25, -0.2) is 0 Å².